The molecule has 0 bridgehead atoms. The number of ether oxygens (including phenoxy) is 1. The lowest BCUT2D eigenvalue weighted by Gasteiger charge is -2.37. The first kappa shape index (κ1) is 25.3. The van der Waals surface area contributed by atoms with Gasteiger partial charge in [-0.25, -0.2) is 4.79 Å². The van der Waals surface area contributed by atoms with Crippen LogP contribution in [0, 0.1) is 5.92 Å². The van der Waals surface area contributed by atoms with Gasteiger partial charge in [-0.2, -0.15) is 0 Å². The van der Waals surface area contributed by atoms with Crippen molar-refractivity contribution in [2.75, 3.05) is 13.2 Å². The SMILES string of the molecule is CC(C)C[C@@H](NC(=O)OCC1c2ccccc2-c2ccccc21)C(=O)N(CC(=O)O)C(C)(C)C. The summed E-state index contributed by atoms with van der Waals surface area (Å²) in [7, 11) is 0. The van der Waals surface area contributed by atoms with Gasteiger partial charge in [0.1, 0.15) is 19.2 Å². The molecule has 0 spiro atoms. The van der Waals surface area contributed by atoms with Gasteiger partial charge in [0.2, 0.25) is 5.91 Å². The molecule has 0 heterocycles. The molecule has 7 nitrogen and oxygen atoms in total. The molecule has 1 atom stereocenters. The van der Waals surface area contributed by atoms with Gasteiger partial charge in [0.05, 0.1) is 0 Å². The number of hydrogen-bond donors (Lipinski definition) is 2. The highest BCUT2D eigenvalue weighted by Crippen LogP contribution is 2.44. The number of amides is 2. The van der Waals surface area contributed by atoms with E-state index in [0.717, 1.165) is 22.3 Å². The zero-order chi connectivity index (χ0) is 25.0. The average Bonchev–Trinajstić information content (AvgIpc) is 3.08. The van der Waals surface area contributed by atoms with Crippen LogP contribution in [0.2, 0.25) is 0 Å². The molecule has 2 aromatic carbocycles. The van der Waals surface area contributed by atoms with Crippen LogP contribution in [0.4, 0.5) is 4.79 Å². The Morgan fingerprint density at radius 1 is 1.00 bits per heavy atom. The van der Waals surface area contributed by atoms with Crippen LogP contribution in [-0.4, -0.2) is 52.7 Å². The molecule has 3 rings (SSSR count). The lowest BCUT2D eigenvalue weighted by molar-refractivity contribution is -0.149. The third-order valence-corrected chi connectivity index (χ3v) is 6.01. The van der Waals surface area contributed by atoms with E-state index in [9.17, 15) is 19.5 Å². The molecule has 0 fully saturated rings. The fourth-order valence-corrected chi connectivity index (χ4v) is 4.44. The minimum Gasteiger partial charge on any atom is -0.480 e. The highest BCUT2D eigenvalue weighted by Gasteiger charge is 2.35. The lowest BCUT2D eigenvalue weighted by Crippen LogP contribution is -2.56. The fraction of sp³-hybridized carbons (Fsp3) is 0.444. The van der Waals surface area contributed by atoms with E-state index in [4.69, 9.17) is 4.74 Å². The van der Waals surface area contributed by atoms with Crippen molar-refractivity contribution in [3.63, 3.8) is 0 Å². The van der Waals surface area contributed by atoms with Crippen molar-refractivity contribution in [2.24, 2.45) is 5.92 Å². The first-order chi connectivity index (χ1) is 16.0. The van der Waals surface area contributed by atoms with E-state index in [0.29, 0.717) is 6.42 Å². The van der Waals surface area contributed by atoms with Crippen LogP contribution >= 0.6 is 0 Å². The molecule has 2 aromatic rings. The van der Waals surface area contributed by atoms with Gasteiger partial charge < -0.3 is 20.1 Å². The second kappa shape index (κ2) is 10.3. The normalized spacial score (nSPS) is 13.7. The number of benzene rings is 2. The van der Waals surface area contributed by atoms with Crippen LogP contribution in [0.3, 0.4) is 0 Å². The predicted molar refractivity (Wildman–Crippen MR) is 131 cm³/mol. The van der Waals surface area contributed by atoms with Gasteiger partial charge >= 0.3 is 12.1 Å². The van der Waals surface area contributed by atoms with Crippen LogP contribution in [0.1, 0.15) is 58.1 Å². The zero-order valence-electron chi connectivity index (χ0n) is 20.5. The van der Waals surface area contributed by atoms with Gasteiger partial charge in [0.25, 0.3) is 0 Å². The number of rotatable bonds is 8. The number of hydrogen-bond acceptors (Lipinski definition) is 4. The summed E-state index contributed by atoms with van der Waals surface area (Å²) in [5.74, 6) is -1.52. The van der Waals surface area contributed by atoms with Crippen molar-refractivity contribution >= 4 is 18.0 Å². The molecule has 1 aliphatic carbocycles. The largest absolute Gasteiger partial charge is 0.480 e. The topological polar surface area (TPSA) is 95.9 Å². The molecule has 0 saturated heterocycles. The number of aliphatic carboxylic acids is 1. The number of alkyl carbamates (subject to hydrolysis) is 1. The van der Waals surface area contributed by atoms with E-state index in [1.807, 2.05) is 50.2 Å². The average molecular weight is 467 g/mol. The van der Waals surface area contributed by atoms with E-state index in [-0.39, 0.29) is 18.4 Å². The van der Waals surface area contributed by atoms with E-state index in [2.05, 4.69) is 17.4 Å². The molecule has 34 heavy (non-hydrogen) atoms. The molecule has 7 heteroatoms. The number of nitrogens with zero attached hydrogens (tertiary/aromatic N) is 1. The van der Waals surface area contributed by atoms with Crippen molar-refractivity contribution < 1.29 is 24.2 Å². The molecule has 0 aliphatic heterocycles. The quantitative estimate of drug-likeness (QED) is 0.590. The molecule has 0 unspecified atom stereocenters. The summed E-state index contributed by atoms with van der Waals surface area (Å²) in [5, 5.41) is 12.0. The lowest BCUT2D eigenvalue weighted by atomic mass is 9.98. The highest BCUT2D eigenvalue weighted by atomic mass is 16.5. The third-order valence-electron chi connectivity index (χ3n) is 6.01. The first-order valence-corrected chi connectivity index (χ1v) is 11.6. The molecule has 2 amide bonds. The van der Waals surface area contributed by atoms with Crippen molar-refractivity contribution in [3.05, 3.63) is 59.7 Å². The Morgan fingerprint density at radius 2 is 1.53 bits per heavy atom. The van der Waals surface area contributed by atoms with Crippen molar-refractivity contribution in [3.8, 4) is 11.1 Å². The Bertz CT molecular complexity index is 1010. The van der Waals surface area contributed by atoms with Gasteiger partial charge in [0.15, 0.2) is 0 Å². The Hall–Kier alpha value is -3.35. The first-order valence-electron chi connectivity index (χ1n) is 11.6. The number of fused-ring (bicyclic) bond motifs is 3. The van der Waals surface area contributed by atoms with Crippen LogP contribution < -0.4 is 5.32 Å². The Labute approximate surface area is 201 Å². The minimum atomic E-state index is -1.10. The third kappa shape index (κ3) is 5.76. The molecule has 0 radical (unpaired) electrons. The number of carbonyl (C=O) groups excluding carboxylic acids is 2. The fourth-order valence-electron chi connectivity index (χ4n) is 4.44. The number of carboxylic acid groups (broad SMARTS) is 1. The van der Waals surface area contributed by atoms with Gasteiger partial charge in [0, 0.05) is 11.5 Å². The second-order valence-corrected chi connectivity index (χ2v) is 10.1. The summed E-state index contributed by atoms with van der Waals surface area (Å²) in [4.78, 5) is 38.7. The molecule has 0 saturated carbocycles. The van der Waals surface area contributed by atoms with Gasteiger partial charge in [-0.15, -0.1) is 0 Å². The molecule has 182 valence electrons. The number of carbonyl (C=O) groups is 3. The summed E-state index contributed by atoms with van der Waals surface area (Å²) in [6.07, 6.45) is -0.320. The second-order valence-electron chi connectivity index (χ2n) is 10.1. The minimum absolute atomic E-state index is 0.0875. The van der Waals surface area contributed by atoms with E-state index in [1.54, 1.807) is 20.8 Å². The summed E-state index contributed by atoms with van der Waals surface area (Å²) < 4.78 is 5.61. The zero-order valence-corrected chi connectivity index (χ0v) is 20.5. The maximum absolute atomic E-state index is 13.3. The highest BCUT2D eigenvalue weighted by molar-refractivity contribution is 5.88. The maximum Gasteiger partial charge on any atom is 0.407 e. The van der Waals surface area contributed by atoms with Crippen LogP contribution in [-0.2, 0) is 14.3 Å². The Morgan fingerprint density at radius 3 is 2.00 bits per heavy atom. The Balaban J connectivity index is 1.73. The van der Waals surface area contributed by atoms with Gasteiger partial charge in [-0.1, -0.05) is 62.4 Å². The monoisotopic (exact) mass is 466 g/mol. The summed E-state index contributed by atoms with van der Waals surface area (Å²) in [5.41, 5.74) is 3.76. The molecule has 2 N–H and O–H groups in total. The predicted octanol–water partition coefficient (Wildman–Crippen LogP) is 4.65. The maximum atomic E-state index is 13.3. The van der Waals surface area contributed by atoms with E-state index < -0.39 is 36.1 Å². The molecule has 0 aromatic heterocycles. The standard InChI is InChI=1S/C27H34N2O5/c1-17(2)14-23(25(32)29(15-24(30)31)27(3,4)5)28-26(33)34-16-22-20-12-8-6-10-18(20)19-11-7-9-13-21(19)22/h6-13,17,22-23H,14-16H2,1-5H3,(H,28,33)(H,30,31)/t23-/m1/s1. The van der Waals surface area contributed by atoms with E-state index >= 15 is 0 Å². The molecular weight excluding hydrogens is 432 g/mol. The number of nitrogens with one attached hydrogen (secondary N) is 1. The van der Waals surface area contributed by atoms with E-state index in [1.165, 1.54) is 4.90 Å². The summed E-state index contributed by atoms with van der Waals surface area (Å²) in [6, 6.07) is 15.3. The van der Waals surface area contributed by atoms with Gasteiger partial charge in [-0.3, -0.25) is 9.59 Å². The van der Waals surface area contributed by atoms with Crippen molar-refractivity contribution in [2.45, 2.75) is 58.5 Å². The smallest absolute Gasteiger partial charge is 0.407 e. The van der Waals surface area contributed by atoms with Crippen molar-refractivity contribution in [1.82, 2.24) is 10.2 Å². The Kier molecular flexibility index (Phi) is 7.64. The summed E-state index contributed by atoms with van der Waals surface area (Å²) >= 11 is 0. The van der Waals surface area contributed by atoms with Crippen LogP contribution in [0.15, 0.2) is 48.5 Å². The molecular formula is C27H34N2O5. The van der Waals surface area contributed by atoms with Crippen LogP contribution in [0.5, 0.6) is 0 Å². The van der Waals surface area contributed by atoms with Gasteiger partial charge in [-0.05, 0) is 55.4 Å². The van der Waals surface area contributed by atoms with Crippen molar-refractivity contribution in [1.29, 1.82) is 0 Å². The number of carboxylic acids is 1. The summed E-state index contributed by atoms with van der Waals surface area (Å²) in [6.45, 7) is 8.90. The van der Waals surface area contributed by atoms with Crippen LogP contribution in [0.25, 0.3) is 11.1 Å². The molecule has 1 aliphatic rings.